The van der Waals surface area contributed by atoms with Gasteiger partial charge in [0, 0.05) is 13.3 Å². The summed E-state index contributed by atoms with van der Waals surface area (Å²) >= 11 is 0.767. The lowest BCUT2D eigenvalue weighted by molar-refractivity contribution is -0.141. The van der Waals surface area contributed by atoms with Gasteiger partial charge in [0.1, 0.15) is 11.1 Å². The van der Waals surface area contributed by atoms with Crippen LogP contribution < -0.4 is 0 Å². The highest BCUT2D eigenvalue weighted by Crippen LogP contribution is 2.27. The molecule has 1 aromatic rings. The van der Waals surface area contributed by atoms with E-state index in [4.69, 9.17) is 8.92 Å². The van der Waals surface area contributed by atoms with E-state index < -0.39 is 17.8 Å². The summed E-state index contributed by atoms with van der Waals surface area (Å²) in [4.78, 5) is 14.6. The number of hydrogen-bond acceptors (Lipinski definition) is 5. The summed E-state index contributed by atoms with van der Waals surface area (Å²) in [7, 11) is 1.44. The Hall–Kier alpha value is -1.28. The van der Waals surface area contributed by atoms with Crippen molar-refractivity contribution in [3.8, 4) is 0 Å². The van der Waals surface area contributed by atoms with Crippen LogP contribution in [-0.2, 0) is 15.1 Å². The van der Waals surface area contributed by atoms with Gasteiger partial charge in [-0.05, 0) is 19.1 Å². The Balaban J connectivity index is 2.65. The van der Waals surface area contributed by atoms with Crippen LogP contribution >= 0.6 is 12.0 Å². The Morgan fingerprint density at radius 3 is 2.56 bits per heavy atom. The maximum Gasteiger partial charge on any atom is 0.433 e. The van der Waals surface area contributed by atoms with Crippen LogP contribution in [0.5, 0.6) is 0 Å². The van der Waals surface area contributed by atoms with E-state index in [1.807, 2.05) is 0 Å². The van der Waals surface area contributed by atoms with E-state index in [0.717, 1.165) is 30.4 Å². The molecule has 0 aromatic carbocycles. The molecule has 0 bridgehead atoms. The van der Waals surface area contributed by atoms with Gasteiger partial charge >= 0.3 is 12.1 Å². The highest BCUT2D eigenvalue weighted by molar-refractivity contribution is 7.95. The third-order valence-electron chi connectivity index (χ3n) is 1.88. The molecule has 0 aliphatic carbocycles. The lowest BCUT2D eigenvalue weighted by Gasteiger charge is -2.08. The minimum absolute atomic E-state index is 0.0567. The maximum atomic E-state index is 12.2. The van der Waals surface area contributed by atoms with Crippen LogP contribution in [0, 0.1) is 0 Å². The Morgan fingerprint density at radius 2 is 2.11 bits per heavy atom. The molecular weight excluding hydrogens is 271 g/mol. The summed E-state index contributed by atoms with van der Waals surface area (Å²) in [6.45, 7) is 1.66. The van der Waals surface area contributed by atoms with Gasteiger partial charge in [-0.15, -0.1) is 0 Å². The number of carbonyl (C=O) groups excluding carboxylic acids is 1. The van der Waals surface area contributed by atoms with Gasteiger partial charge in [-0.25, -0.2) is 4.79 Å². The molecule has 18 heavy (non-hydrogen) atoms. The number of pyridine rings is 1. The van der Waals surface area contributed by atoms with E-state index in [1.165, 1.54) is 7.11 Å². The van der Waals surface area contributed by atoms with Crippen molar-refractivity contribution in [1.29, 1.82) is 0 Å². The fourth-order valence-electron chi connectivity index (χ4n) is 0.881. The number of carbonyl (C=O) groups is 1. The van der Waals surface area contributed by atoms with Gasteiger partial charge in [-0.1, -0.05) is 0 Å². The van der Waals surface area contributed by atoms with Gasteiger partial charge in [0.05, 0.1) is 17.6 Å². The first-order valence-electron chi connectivity index (χ1n) is 4.78. The molecule has 4 nitrogen and oxygen atoms in total. The largest absolute Gasteiger partial charge is 0.433 e. The van der Waals surface area contributed by atoms with Crippen molar-refractivity contribution in [3.05, 3.63) is 29.6 Å². The van der Waals surface area contributed by atoms with Gasteiger partial charge < -0.3 is 8.92 Å². The van der Waals surface area contributed by atoms with Crippen LogP contribution in [-0.4, -0.2) is 23.5 Å². The van der Waals surface area contributed by atoms with Crippen molar-refractivity contribution in [3.63, 3.8) is 0 Å². The number of nitrogens with zero attached hydrogens (tertiary/aromatic N) is 1. The number of hydrogen-bond donors (Lipinski definition) is 0. The molecule has 1 aromatic heterocycles. The van der Waals surface area contributed by atoms with Crippen LogP contribution in [0.1, 0.15) is 23.0 Å². The van der Waals surface area contributed by atoms with E-state index in [9.17, 15) is 18.0 Å². The number of ether oxygens (including phenoxy) is 1. The fraction of sp³-hybridized carbons (Fsp3) is 0.400. The number of alkyl halides is 3. The SMILES string of the molecule is COC(C)SOC(=O)c1ccc(C(F)(F)F)nc1. The van der Waals surface area contributed by atoms with Crippen LogP contribution in [0.15, 0.2) is 18.3 Å². The normalized spacial score (nSPS) is 13.2. The number of halogens is 3. The van der Waals surface area contributed by atoms with Crippen LogP contribution in [0.3, 0.4) is 0 Å². The second-order valence-corrected chi connectivity index (χ2v) is 4.22. The lowest BCUT2D eigenvalue weighted by Crippen LogP contribution is -2.10. The smallest absolute Gasteiger partial charge is 0.385 e. The van der Waals surface area contributed by atoms with Crippen LogP contribution in [0.25, 0.3) is 0 Å². The van der Waals surface area contributed by atoms with Gasteiger partial charge in [-0.3, -0.25) is 4.98 Å². The van der Waals surface area contributed by atoms with Crippen molar-refractivity contribution < 1.29 is 26.9 Å². The monoisotopic (exact) mass is 281 g/mol. The van der Waals surface area contributed by atoms with Crippen molar-refractivity contribution in [1.82, 2.24) is 4.98 Å². The minimum Gasteiger partial charge on any atom is -0.385 e. The molecule has 8 heteroatoms. The molecule has 0 fully saturated rings. The van der Waals surface area contributed by atoms with Gasteiger partial charge in [0.2, 0.25) is 0 Å². The van der Waals surface area contributed by atoms with Crippen molar-refractivity contribution in [2.45, 2.75) is 18.5 Å². The van der Waals surface area contributed by atoms with Gasteiger partial charge in [0.25, 0.3) is 0 Å². The molecule has 0 N–H and O–H groups in total. The quantitative estimate of drug-likeness (QED) is 0.627. The topological polar surface area (TPSA) is 48.4 Å². The van der Waals surface area contributed by atoms with E-state index in [0.29, 0.717) is 0 Å². The Kier molecular flexibility index (Phi) is 4.97. The molecule has 1 rings (SSSR count). The van der Waals surface area contributed by atoms with E-state index >= 15 is 0 Å². The summed E-state index contributed by atoms with van der Waals surface area (Å²) in [5, 5.41) is 0. The molecule has 0 saturated carbocycles. The van der Waals surface area contributed by atoms with Gasteiger partial charge in [0.15, 0.2) is 0 Å². The predicted octanol–water partition coefficient (Wildman–Crippen LogP) is 2.90. The average Bonchev–Trinajstić information content (AvgIpc) is 2.34. The van der Waals surface area contributed by atoms with Gasteiger partial charge in [-0.2, -0.15) is 13.2 Å². The lowest BCUT2D eigenvalue weighted by atomic mass is 10.2. The maximum absolute atomic E-state index is 12.2. The third-order valence-corrected chi connectivity index (χ3v) is 2.59. The zero-order valence-corrected chi connectivity index (χ0v) is 10.3. The molecule has 0 aliphatic rings. The zero-order chi connectivity index (χ0) is 13.8. The molecule has 0 saturated heterocycles. The Labute approximate surface area is 106 Å². The third kappa shape index (κ3) is 4.19. The standard InChI is InChI=1S/C10H10F3NO3S/c1-6(16-2)18-17-9(15)7-3-4-8(14-5-7)10(11,12)13/h3-6H,1-2H3. The first-order chi connectivity index (χ1) is 8.34. The molecule has 0 amide bonds. The molecule has 0 aliphatic heterocycles. The summed E-state index contributed by atoms with van der Waals surface area (Å²) < 4.78 is 46.2. The predicted molar refractivity (Wildman–Crippen MR) is 58.7 cm³/mol. The molecule has 1 atom stereocenters. The molecule has 0 spiro atoms. The molecule has 1 heterocycles. The van der Waals surface area contributed by atoms with Crippen molar-refractivity contribution >= 4 is 18.0 Å². The van der Waals surface area contributed by atoms with Crippen molar-refractivity contribution in [2.75, 3.05) is 7.11 Å². The molecule has 1 unspecified atom stereocenters. The molecular formula is C10H10F3NO3S. The number of aromatic nitrogens is 1. The highest BCUT2D eigenvalue weighted by atomic mass is 32.2. The highest BCUT2D eigenvalue weighted by Gasteiger charge is 2.32. The first kappa shape index (κ1) is 14.8. The Morgan fingerprint density at radius 1 is 1.44 bits per heavy atom. The second kappa shape index (κ2) is 6.05. The number of methoxy groups -OCH3 is 1. The number of rotatable bonds is 4. The van der Waals surface area contributed by atoms with E-state index in [2.05, 4.69) is 4.98 Å². The van der Waals surface area contributed by atoms with Crippen LogP contribution in [0.2, 0.25) is 0 Å². The molecule has 0 radical (unpaired) electrons. The fourth-order valence-corrected chi connectivity index (χ4v) is 1.28. The zero-order valence-electron chi connectivity index (χ0n) is 9.52. The summed E-state index contributed by atoms with van der Waals surface area (Å²) in [6, 6.07) is 1.73. The van der Waals surface area contributed by atoms with Crippen molar-refractivity contribution in [2.24, 2.45) is 0 Å². The Bertz CT molecular complexity index is 408. The minimum atomic E-state index is -4.53. The van der Waals surface area contributed by atoms with E-state index in [1.54, 1.807) is 6.92 Å². The second-order valence-electron chi connectivity index (χ2n) is 3.20. The molecule has 100 valence electrons. The first-order valence-corrected chi connectivity index (χ1v) is 5.58. The average molecular weight is 281 g/mol. The van der Waals surface area contributed by atoms with Crippen LogP contribution in [0.4, 0.5) is 13.2 Å². The van der Waals surface area contributed by atoms with E-state index in [-0.39, 0.29) is 11.0 Å². The summed E-state index contributed by atoms with van der Waals surface area (Å²) in [5.74, 6) is -0.773. The summed E-state index contributed by atoms with van der Waals surface area (Å²) in [6.07, 6.45) is -3.70. The summed E-state index contributed by atoms with van der Waals surface area (Å²) in [5.41, 5.74) is -1.48.